The third-order valence-electron chi connectivity index (χ3n) is 1.67. The average Bonchev–Trinajstić information content (AvgIpc) is 2.15. The lowest BCUT2D eigenvalue weighted by Gasteiger charge is -2.14. The van der Waals surface area contributed by atoms with E-state index in [0.29, 0.717) is 6.20 Å². The molecule has 0 amide bonds. The Hall–Kier alpha value is -0.190. The summed E-state index contributed by atoms with van der Waals surface area (Å²) in [5.41, 5.74) is -0.567. The third kappa shape index (κ3) is 3.90. The molecule has 1 heterocycles. The molecule has 0 aromatic carbocycles. The molecule has 0 fully saturated rings. The number of nitrogens with zero attached hydrogens (tertiary/aromatic N) is 1. The smallest absolute Gasteiger partial charge is 0.404 e. The molecule has 0 aliphatic heterocycles. The van der Waals surface area contributed by atoms with Gasteiger partial charge in [-0.2, -0.15) is 0 Å². The van der Waals surface area contributed by atoms with Crippen LogP contribution in [-0.2, 0) is 5.33 Å². The average molecular weight is 432 g/mol. The van der Waals surface area contributed by atoms with E-state index in [1.165, 1.54) is 22.6 Å². The molecule has 1 aromatic heterocycles. The molecule has 1 rings (SSSR count). The van der Waals surface area contributed by atoms with E-state index in [0.717, 1.165) is 0 Å². The minimum Gasteiger partial charge on any atom is -0.404 e. The maximum Gasteiger partial charge on any atom is 0.573 e. The van der Waals surface area contributed by atoms with Gasteiger partial charge < -0.3 is 4.74 Å². The van der Waals surface area contributed by atoms with Gasteiger partial charge in [0, 0.05) is 14.5 Å². The lowest BCUT2D eigenvalue weighted by atomic mass is 10.2. The van der Waals surface area contributed by atoms with E-state index in [9.17, 15) is 22.0 Å². The van der Waals surface area contributed by atoms with Gasteiger partial charge in [-0.15, -0.1) is 13.2 Å². The van der Waals surface area contributed by atoms with E-state index in [1.54, 1.807) is 0 Å². The summed E-state index contributed by atoms with van der Waals surface area (Å²) in [6.07, 6.45) is -7.08. The predicted molar refractivity (Wildman–Crippen MR) is 61.2 cm³/mol. The lowest BCUT2D eigenvalue weighted by molar-refractivity contribution is -0.275. The van der Waals surface area contributed by atoms with E-state index < -0.39 is 24.2 Å². The number of halogens is 7. The van der Waals surface area contributed by atoms with Crippen molar-refractivity contribution in [2.75, 3.05) is 0 Å². The van der Waals surface area contributed by atoms with Crippen LogP contribution in [0, 0.1) is 3.57 Å². The predicted octanol–water partition coefficient (Wildman–Crippen LogP) is 4.42. The summed E-state index contributed by atoms with van der Waals surface area (Å²) in [6, 6.07) is 0. The Morgan fingerprint density at radius 2 is 2.00 bits per heavy atom. The topological polar surface area (TPSA) is 22.1 Å². The second-order valence-electron chi connectivity index (χ2n) is 2.78. The number of hydrogen-bond donors (Lipinski definition) is 0. The molecule has 0 saturated heterocycles. The van der Waals surface area contributed by atoms with Gasteiger partial charge in [0.25, 0.3) is 6.43 Å². The molecule has 0 unspecified atom stereocenters. The van der Waals surface area contributed by atoms with Gasteiger partial charge in [-0.25, -0.2) is 8.78 Å². The van der Waals surface area contributed by atoms with Crippen molar-refractivity contribution >= 4 is 38.5 Å². The monoisotopic (exact) mass is 431 g/mol. The first kappa shape index (κ1) is 14.9. The maximum atomic E-state index is 12.5. The Balaban J connectivity index is 3.21. The van der Waals surface area contributed by atoms with Crippen LogP contribution in [0.1, 0.15) is 17.7 Å². The van der Waals surface area contributed by atoms with Crippen LogP contribution in [0.25, 0.3) is 0 Å². The maximum absolute atomic E-state index is 12.5. The molecule has 17 heavy (non-hydrogen) atoms. The Labute approximate surface area is 115 Å². The fourth-order valence-electron chi connectivity index (χ4n) is 1.01. The first-order valence-corrected chi connectivity index (χ1v) is 6.23. The molecule has 0 saturated carbocycles. The summed E-state index contributed by atoms with van der Waals surface area (Å²) < 4.78 is 64.7. The molecule has 0 radical (unpaired) electrons. The van der Waals surface area contributed by atoms with E-state index in [2.05, 4.69) is 25.7 Å². The highest BCUT2D eigenvalue weighted by molar-refractivity contribution is 14.1. The Morgan fingerprint density at radius 1 is 1.41 bits per heavy atom. The molecule has 0 atom stereocenters. The van der Waals surface area contributed by atoms with Crippen molar-refractivity contribution in [1.29, 1.82) is 0 Å². The fraction of sp³-hybridized carbons (Fsp3) is 0.375. The van der Waals surface area contributed by atoms with E-state index in [-0.39, 0.29) is 14.5 Å². The van der Waals surface area contributed by atoms with Crippen molar-refractivity contribution < 1.29 is 26.7 Å². The summed E-state index contributed by atoms with van der Waals surface area (Å²) in [4.78, 5) is 3.27. The summed E-state index contributed by atoms with van der Waals surface area (Å²) in [7, 11) is 0. The van der Waals surface area contributed by atoms with Crippen LogP contribution in [0.4, 0.5) is 22.0 Å². The zero-order valence-corrected chi connectivity index (χ0v) is 11.6. The SMILES string of the molecule is FC(F)c1ncc(OC(F)(F)F)c(CBr)c1I. The zero-order chi connectivity index (χ0) is 13.2. The van der Waals surface area contributed by atoms with Crippen molar-refractivity contribution in [3.05, 3.63) is 21.0 Å². The molecule has 0 aliphatic carbocycles. The Morgan fingerprint density at radius 3 is 2.41 bits per heavy atom. The summed E-state index contributed by atoms with van der Waals surface area (Å²) in [5.74, 6) is -0.580. The van der Waals surface area contributed by atoms with Crippen LogP contribution < -0.4 is 4.74 Å². The van der Waals surface area contributed by atoms with Gasteiger partial charge in [0.1, 0.15) is 5.69 Å². The molecule has 0 aliphatic rings. The second kappa shape index (κ2) is 5.63. The van der Waals surface area contributed by atoms with Crippen molar-refractivity contribution in [3.8, 4) is 5.75 Å². The van der Waals surface area contributed by atoms with Crippen molar-refractivity contribution in [2.24, 2.45) is 0 Å². The quantitative estimate of drug-likeness (QED) is 0.401. The number of hydrogen-bond acceptors (Lipinski definition) is 2. The number of ether oxygens (including phenoxy) is 1. The van der Waals surface area contributed by atoms with Crippen LogP contribution in [0.15, 0.2) is 6.20 Å². The van der Waals surface area contributed by atoms with E-state index in [4.69, 9.17) is 0 Å². The van der Waals surface area contributed by atoms with Crippen LogP contribution in [-0.4, -0.2) is 11.3 Å². The van der Waals surface area contributed by atoms with Gasteiger partial charge >= 0.3 is 6.36 Å². The number of pyridine rings is 1. The molecule has 9 heteroatoms. The van der Waals surface area contributed by atoms with Gasteiger partial charge in [0.05, 0.1) is 6.20 Å². The molecular formula is C8H4BrF5INO. The van der Waals surface area contributed by atoms with Gasteiger partial charge in [0.2, 0.25) is 0 Å². The molecule has 96 valence electrons. The zero-order valence-electron chi connectivity index (χ0n) is 7.86. The van der Waals surface area contributed by atoms with Crippen LogP contribution >= 0.6 is 38.5 Å². The highest BCUT2D eigenvalue weighted by Gasteiger charge is 2.33. The second-order valence-corrected chi connectivity index (χ2v) is 4.42. The Bertz CT molecular complexity index is 412. The standard InChI is InChI=1S/C8H4BrF5INO/c9-1-3-4(17-8(12,13)14)2-16-6(5(3)15)7(10)11/h2,7H,1H2. The first-order chi connectivity index (χ1) is 7.76. The summed E-state index contributed by atoms with van der Waals surface area (Å²) >= 11 is 4.44. The fourth-order valence-corrected chi connectivity index (χ4v) is 2.93. The number of rotatable bonds is 3. The van der Waals surface area contributed by atoms with Gasteiger partial charge in [-0.05, 0) is 22.6 Å². The molecule has 0 spiro atoms. The van der Waals surface area contributed by atoms with Crippen molar-refractivity contribution in [2.45, 2.75) is 18.1 Å². The molecule has 0 N–H and O–H groups in total. The van der Waals surface area contributed by atoms with Crippen molar-refractivity contribution in [1.82, 2.24) is 4.98 Å². The summed E-state index contributed by atoms with van der Waals surface area (Å²) in [6.45, 7) is 0. The molecule has 0 bridgehead atoms. The largest absolute Gasteiger partial charge is 0.573 e. The van der Waals surface area contributed by atoms with Gasteiger partial charge in [0.15, 0.2) is 5.75 Å². The van der Waals surface area contributed by atoms with Crippen LogP contribution in [0.5, 0.6) is 5.75 Å². The third-order valence-corrected chi connectivity index (χ3v) is 3.44. The van der Waals surface area contributed by atoms with Crippen LogP contribution in [0.2, 0.25) is 0 Å². The highest BCUT2D eigenvalue weighted by Crippen LogP contribution is 2.34. The Kier molecular flexibility index (Phi) is 4.93. The minimum absolute atomic E-state index is 0.00627. The van der Waals surface area contributed by atoms with Gasteiger partial charge in [-0.1, -0.05) is 15.9 Å². The van der Waals surface area contributed by atoms with E-state index in [1.807, 2.05) is 0 Å². The molecule has 1 aromatic rings. The number of alkyl halides is 6. The summed E-state index contributed by atoms with van der Waals surface area (Å²) in [5, 5.41) is -0.0427. The number of aromatic nitrogens is 1. The molecular weight excluding hydrogens is 428 g/mol. The van der Waals surface area contributed by atoms with E-state index >= 15 is 0 Å². The normalized spacial score (nSPS) is 12.0. The van der Waals surface area contributed by atoms with Gasteiger partial charge in [-0.3, -0.25) is 4.98 Å². The minimum atomic E-state index is -4.88. The molecule has 2 nitrogen and oxygen atoms in total. The lowest BCUT2D eigenvalue weighted by Crippen LogP contribution is -2.19. The highest BCUT2D eigenvalue weighted by atomic mass is 127. The van der Waals surface area contributed by atoms with Crippen LogP contribution in [0.3, 0.4) is 0 Å². The first-order valence-electron chi connectivity index (χ1n) is 4.03. The van der Waals surface area contributed by atoms with Crippen molar-refractivity contribution in [3.63, 3.8) is 0 Å².